The fourth-order valence-corrected chi connectivity index (χ4v) is 1.74. The molecule has 0 saturated heterocycles. The van der Waals surface area contributed by atoms with Crippen molar-refractivity contribution in [3.63, 3.8) is 0 Å². The maximum absolute atomic E-state index is 13.1. The second-order valence-corrected chi connectivity index (χ2v) is 4.40. The number of hydrogen-bond donors (Lipinski definition) is 1. The van der Waals surface area contributed by atoms with Crippen LogP contribution >= 0.6 is 15.9 Å². The lowest BCUT2D eigenvalue weighted by Crippen LogP contribution is -2.32. The Morgan fingerprint density at radius 3 is 2.75 bits per heavy atom. The Morgan fingerprint density at radius 2 is 2.19 bits per heavy atom. The quantitative estimate of drug-likeness (QED) is 0.918. The molecule has 0 atom stereocenters. The molecule has 0 aliphatic rings. The number of nitrogens with one attached hydrogen (secondary N) is 1. The molecule has 0 aromatic heterocycles. The average Bonchev–Trinajstić information content (AvgIpc) is 2.23. The van der Waals surface area contributed by atoms with Crippen LogP contribution in [0.1, 0.15) is 10.4 Å². The van der Waals surface area contributed by atoms with Gasteiger partial charge in [0.1, 0.15) is 5.82 Å². The van der Waals surface area contributed by atoms with E-state index in [0.29, 0.717) is 23.1 Å². The Balaban J connectivity index is 2.79. The Hall–Kier alpha value is -0.940. The topological polar surface area (TPSA) is 32.3 Å². The normalized spacial score (nSPS) is 10.2. The van der Waals surface area contributed by atoms with Gasteiger partial charge in [-0.15, -0.1) is 0 Å². The van der Waals surface area contributed by atoms with Gasteiger partial charge in [0.2, 0.25) is 0 Å². The van der Waals surface area contributed by atoms with E-state index < -0.39 is 5.82 Å². The van der Waals surface area contributed by atoms with Crippen molar-refractivity contribution in [3.8, 4) is 0 Å². The van der Waals surface area contributed by atoms with Gasteiger partial charge in [0.25, 0.3) is 5.91 Å². The summed E-state index contributed by atoms with van der Waals surface area (Å²) in [6.45, 7) is 1.29. The van der Waals surface area contributed by atoms with Gasteiger partial charge in [-0.2, -0.15) is 0 Å². The van der Waals surface area contributed by atoms with Gasteiger partial charge in [-0.3, -0.25) is 4.79 Å². The first kappa shape index (κ1) is 13.1. The lowest BCUT2D eigenvalue weighted by Gasteiger charge is -2.17. The summed E-state index contributed by atoms with van der Waals surface area (Å²) in [6.07, 6.45) is 0. The van der Waals surface area contributed by atoms with E-state index in [1.807, 2.05) is 7.05 Å². The van der Waals surface area contributed by atoms with E-state index in [4.69, 9.17) is 0 Å². The van der Waals surface area contributed by atoms with Gasteiger partial charge >= 0.3 is 0 Å². The van der Waals surface area contributed by atoms with E-state index >= 15 is 0 Å². The molecule has 1 rings (SSSR count). The molecule has 1 aromatic carbocycles. The third kappa shape index (κ3) is 3.57. The van der Waals surface area contributed by atoms with E-state index in [1.54, 1.807) is 18.0 Å². The molecule has 0 radical (unpaired) electrons. The number of carbonyl (C=O) groups excluding carboxylic acids is 1. The SMILES string of the molecule is CNCCN(C)C(=O)c1cc(F)cc(Br)c1. The molecule has 16 heavy (non-hydrogen) atoms. The minimum atomic E-state index is -0.417. The standard InChI is InChI=1S/C11H14BrFN2O/c1-14-3-4-15(2)11(16)8-5-9(12)7-10(13)6-8/h5-7,14H,3-4H2,1-2H3. The van der Waals surface area contributed by atoms with Crippen molar-refractivity contribution in [3.05, 3.63) is 34.1 Å². The monoisotopic (exact) mass is 288 g/mol. The maximum atomic E-state index is 13.1. The highest BCUT2D eigenvalue weighted by molar-refractivity contribution is 9.10. The predicted molar refractivity (Wildman–Crippen MR) is 65.0 cm³/mol. The summed E-state index contributed by atoms with van der Waals surface area (Å²) >= 11 is 3.16. The molecule has 0 aliphatic heterocycles. The molecular weight excluding hydrogens is 275 g/mol. The molecule has 0 aliphatic carbocycles. The summed E-state index contributed by atoms with van der Waals surface area (Å²) in [4.78, 5) is 13.4. The Kier molecular flexibility index (Phi) is 4.89. The molecule has 0 heterocycles. The van der Waals surface area contributed by atoms with E-state index in [-0.39, 0.29) is 5.91 Å². The molecule has 0 bridgehead atoms. The molecule has 88 valence electrons. The molecular formula is C11H14BrFN2O. The first-order chi connectivity index (χ1) is 7.54. The van der Waals surface area contributed by atoms with Crippen LogP contribution in [0.15, 0.2) is 22.7 Å². The Bertz CT molecular complexity index is 364. The average molecular weight is 289 g/mol. The van der Waals surface area contributed by atoms with Crippen LogP contribution in [0.4, 0.5) is 4.39 Å². The van der Waals surface area contributed by atoms with Crippen molar-refractivity contribution in [2.24, 2.45) is 0 Å². The number of amides is 1. The van der Waals surface area contributed by atoms with Gasteiger partial charge in [0.05, 0.1) is 0 Å². The van der Waals surface area contributed by atoms with Gasteiger partial charge < -0.3 is 10.2 Å². The van der Waals surface area contributed by atoms with Crippen molar-refractivity contribution >= 4 is 21.8 Å². The molecule has 0 fully saturated rings. The fourth-order valence-electron chi connectivity index (χ4n) is 1.28. The van der Waals surface area contributed by atoms with Gasteiger partial charge in [0, 0.05) is 30.2 Å². The largest absolute Gasteiger partial charge is 0.340 e. The highest BCUT2D eigenvalue weighted by atomic mass is 79.9. The van der Waals surface area contributed by atoms with Crippen molar-refractivity contribution in [1.29, 1.82) is 0 Å². The van der Waals surface area contributed by atoms with Crippen LogP contribution in [0, 0.1) is 5.82 Å². The minimum Gasteiger partial charge on any atom is -0.340 e. The van der Waals surface area contributed by atoms with Gasteiger partial charge in [-0.1, -0.05) is 15.9 Å². The molecule has 1 aromatic rings. The third-order valence-electron chi connectivity index (χ3n) is 2.15. The van der Waals surface area contributed by atoms with Crippen molar-refractivity contribution in [2.75, 3.05) is 27.2 Å². The van der Waals surface area contributed by atoms with Gasteiger partial charge in [-0.05, 0) is 25.2 Å². The number of likely N-dealkylation sites (N-methyl/N-ethyl adjacent to an activating group) is 2. The highest BCUT2D eigenvalue weighted by Crippen LogP contribution is 2.15. The van der Waals surface area contributed by atoms with Crippen LogP contribution in [0.25, 0.3) is 0 Å². The second kappa shape index (κ2) is 5.96. The number of benzene rings is 1. The maximum Gasteiger partial charge on any atom is 0.253 e. The van der Waals surface area contributed by atoms with Crippen molar-refractivity contribution < 1.29 is 9.18 Å². The first-order valence-corrected chi connectivity index (χ1v) is 5.70. The van der Waals surface area contributed by atoms with Crippen LogP contribution in [-0.4, -0.2) is 38.0 Å². The zero-order valence-corrected chi connectivity index (χ0v) is 10.8. The summed E-state index contributed by atoms with van der Waals surface area (Å²) < 4.78 is 13.7. The number of nitrogens with zero attached hydrogens (tertiary/aromatic N) is 1. The van der Waals surface area contributed by atoms with Crippen molar-refractivity contribution in [1.82, 2.24) is 10.2 Å². The van der Waals surface area contributed by atoms with E-state index in [2.05, 4.69) is 21.2 Å². The van der Waals surface area contributed by atoms with Crippen molar-refractivity contribution in [2.45, 2.75) is 0 Å². The fraction of sp³-hybridized carbons (Fsp3) is 0.364. The smallest absolute Gasteiger partial charge is 0.253 e. The lowest BCUT2D eigenvalue weighted by molar-refractivity contribution is 0.0796. The van der Waals surface area contributed by atoms with Crippen LogP contribution < -0.4 is 5.32 Å². The molecule has 3 nitrogen and oxygen atoms in total. The summed E-state index contributed by atoms with van der Waals surface area (Å²) in [5.41, 5.74) is 0.352. The zero-order valence-electron chi connectivity index (χ0n) is 9.26. The van der Waals surface area contributed by atoms with Gasteiger partial charge in [0.15, 0.2) is 0 Å². The molecule has 0 unspecified atom stereocenters. The first-order valence-electron chi connectivity index (χ1n) is 4.90. The second-order valence-electron chi connectivity index (χ2n) is 3.49. The van der Waals surface area contributed by atoms with Gasteiger partial charge in [-0.25, -0.2) is 4.39 Å². The third-order valence-corrected chi connectivity index (χ3v) is 2.61. The predicted octanol–water partition coefficient (Wildman–Crippen LogP) is 1.88. The lowest BCUT2D eigenvalue weighted by atomic mass is 10.2. The molecule has 1 N–H and O–H groups in total. The molecule has 1 amide bonds. The summed E-state index contributed by atoms with van der Waals surface area (Å²) in [6, 6.07) is 4.18. The number of hydrogen-bond acceptors (Lipinski definition) is 2. The van der Waals surface area contributed by atoms with E-state index in [1.165, 1.54) is 12.1 Å². The van der Waals surface area contributed by atoms with Crippen LogP contribution in [0.5, 0.6) is 0 Å². The van der Waals surface area contributed by atoms with E-state index in [9.17, 15) is 9.18 Å². The number of halogens is 2. The Labute approximate surface area is 103 Å². The van der Waals surface area contributed by atoms with Crippen LogP contribution in [0.2, 0.25) is 0 Å². The Morgan fingerprint density at radius 1 is 1.50 bits per heavy atom. The summed E-state index contributed by atoms with van der Waals surface area (Å²) in [5.74, 6) is -0.602. The molecule has 5 heteroatoms. The summed E-state index contributed by atoms with van der Waals surface area (Å²) in [7, 11) is 3.51. The zero-order chi connectivity index (χ0) is 12.1. The highest BCUT2D eigenvalue weighted by Gasteiger charge is 2.12. The van der Waals surface area contributed by atoms with Crippen LogP contribution in [0.3, 0.4) is 0 Å². The van der Waals surface area contributed by atoms with E-state index in [0.717, 1.165) is 0 Å². The number of rotatable bonds is 4. The molecule has 0 saturated carbocycles. The molecule has 0 spiro atoms. The minimum absolute atomic E-state index is 0.185. The summed E-state index contributed by atoms with van der Waals surface area (Å²) in [5, 5.41) is 2.95. The number of carbonyl (C=O) groups is 1. The van der Waals surface area contributed by atoms with Crippen LogP contribution in [-0.2, 0) is 0 Å².